The van der Waals surface area contributed by atoms with E-state index in [1.165, 1.54) is 0 Å². The molecular formula is C19H26N4O3. The fourth-order valence-corrected chi connectivity index (χ4v) is 3.38. The molecule has 3 rings (SSSR count). The number of amides is 2. The van der Waals surface area contributed by atoms with Crippen molar-refractivity contribution in [3.8, 4) is 11.5 Å². The minimum Gasteiger partial charge on any atom is -0.497 e. The fourth-order valence-electron chi connectivity index (χ4n) is 3.38. The predicted molar refractivity (Wildman–Crippen MR) is 99.8 cm³/mol. The van der Waals surface area contributed by atoms with Crippen LogP contribution in [0, 0.1) is 0 Å². The molecular weight excluding hydrogens is 332 g/mol. The van der Waals surface area contributed by atoms with Gasteiger partial charge in [0, 0.05) is 37.6 Å². The SMILES string of the molecule is COc1ccc(OC)c(NC(=O)N2CCCC[C@@H]2CCn2ccnc2)c1. The van der Waals surface area contributed by atoms with Crippen LogP contribution >= 0.6 is 0 Å². The molecule has 1 atom stereocenters. The summed E-state index contributed by atoms with van der Waals surface area (Å²) in [4.78, 5) is 18.9. The van der Waals surface area contributed by atoms with Crippen LogP contribution in [-0.4, -0.2) is 47.3 Å². The molecule has 1 aliphatic rings. The Balaban J connectivity index is 1.68. The Morgan fingerprint density at radius 1 is 1.31 bits per heavy atom. The molecule has 0 saturated carbocycles. The average molecular weight is 358 g/mol. The summed E-state index contributed by atoms with van der Waals surface area (Å²) in [6.07, 6.45) is 9.67. The van der Waals surface area contributed by atoms with Crippen molar-refractivity contribution in [1.82, 2.24) is 14.5 Å². The number of aromatic nitrogens is 2. The van der Waals surface area contributed by atoms with Crippen LogP contribution < -0.4 is 14.8 Å². The normalized spacial score (nSPS) is 17.0. The number of anilines is 1. The van der Waals surface area contributed by atoms with E-state index in [2.05, 4.69) is 14.9 Å². The summed E-state index contributed by atoms with van der Waals surface area (Å²) in [5.74, 6) is 1.29. The van der Waals surface area contributed by atoms with E-state index < -0.39 is 0 Å². The summed E-state index contributed by atoms with van der Waals surface area (Å²) in [5.41, 5.74) is 0.621. The lowest BCUT2D eigenvalue weighted by Gasteiger charge is -2.36. The van der Waals surface area contributed by atoms with E-state index in [-0.39, 0.29) is 12.1 Å². The van der Waals surface area contributed by atoms with Crippen LogP contribution in [0.25, 0.3) is 0 Å². The first-order valence-electron chi connectivity index (χ1n) is 8.96. The van der Waals surface area contributed by atoms with Gasteiger partial charge in [-0.1, -0.05) is 0 Å². The number of nitrogens with zero attached hydrogens (tertiary/aromatic N) is 3. The van der Waals surface area contributed by atoms with Crippen LogP contribution in [0.5, 0.6) is 11.5 Å². The Bertz CT molecular complexity index is 718. The van der Waals surface area contributed by atoms with Gasteiger partial charge in [-0.2, -0.15) is 0 Å². The molecule has 0 aliphatic carbocycles. The molecule has 2 heterocycles. The van der Waals surface area contributed by atoms with Gasteiger partial charge in [-0.3, -0.25) is 0 Å². The van der Waals surface area contributed by atoms with E-state index in [1.807, 2.05) is 23.5 Å². The minimum atomic E-state index is -0.0908. The fraction of sp³-hybridized carbons (Fsp3) is 0.474. The first kappa shape index (κ1) is 18.1. The highest BCUT2D eigenvalue weighted by atomic mass is 16.5. The maximum Gasteiger partial charge on any atom is 0.322 e. The maximum absolute atomic E-state index is 12.9. The molecule has 1 aliphatic heterocycles. The van der Waals surface area contributed by atoms with Gasteiger partial charge >= 0.3 is 6.03 Å². The number of aryl methyl sites for hydroxylation is 1. The highest BCUT2D eigenvalue weighted by Gasteiger charge is 2.27. The van der Waals surface area contributed by atoms with E-state index >= 15 is 0 Å². The first-order valence-corrected chi connectivity index (χ1v) is 8.96. The number of benzene rings is 1. The zero-order chi connectivity index (χ0) is 18.4. The number of imidazole rings is 1. The Hall–Kier alpha value is -2.70. The number of carbonyl (C=O) groups excluding carboxylic acids is 1. The number of rotatable bonds is 6. The van der Waals surface area contributed by atoms with E-state index in [9.17, 15) is 4.79 Å². The molecule has 1 saturated heterocycles. The van der Waals surface area contributed by atoms with Crippen molar-refractivity contribution >= 4 is 11.7 Å². The van der Waals surface area contributed by atoms with Gasteiger partial charge in [0.15, 0.2) is 0 Å². The summed E-state index contributed by atoms with van der Waals surface area (Å²) in [6, 6.07) is 5.51. The molecule has 7 heteroatoms. The number of urea groups is 1. The monoisotopic (exact) mass is 358 g/mol. The predicted octanol–water partition coefficient (Wildman–Crippen LogP) is 3.38. The molecule has 2 amide bonds. The highest BCUT2D eigenvalue weighted by Crippen LogP contribution is 2.30. The third kappa shape index (κ3) is 4.28. The van der Waals surface area contributed by atoms with Crippen LogP contribution in [-0.2, 0) is 6.54 Å². The molecule has 7 nitrogen and oxygen atoms in total. The second kappa shape index (κ2) is 8.60. The number of likely N-dealkylation sites (tertiary alicyclic amines) is 1. The zero-order valence-corrected chi connectivity index (χ0v) is 15.4. The van der Waals surface area contributed by atoms with Crippen LogP contribution in [0.1, 0.15) is 25.7 Å². The molecule has 1 N–H and O–H groups in total. The molecule has 26 heavy (non-hydrogen) atoms. The van der Waals surface area contributed by atoms with Gasteiger partial charge in [0.05, 0.1) is 26.2 Å². The van der Waals surface area contributed by atoms with Crippen molar-refractivity contribution in [3.63, 3.8) is 0 Å². The van der Waals surface area contributed by atoms with E-state index in [0.29, 0.717) is 17.2 Å². The lowest BCUT2D eigenvalue weighted by atomic mass is 9.99. The molecule has 140 valence electrons. The quantitative estimate of drug-likeness (QED) is 0.859. The van der Waals surface area contributed by atoms with E-state index in [1.54, 1.807) is 32.5 Å². The van der Waals surface area contributed by atoms with Gasteiger partial charge in [-0.25, -0.2) is 9.78 Å². The molecule has 0 unspecified atom stereocenters. The summed E-state index contributed by atoms with van der Waals surface area (Å²) in [5, 5.41) is 2.99. The van der Waals surface area contributed by atoms with Gasteiger partial charge in [-0.05, 0) is 37.8 Å². The summed E-state index contributed by atoms with van der Waals surface area (Å²) in [7, 11) is 3.19. The third-order valence-corrected chi connectivity index (χ3v) is 4.82. The van der Waals surface area contributed by atoms with Gasteiger partial charge in [0.25, 0.3) is 0 Å². The average Bonchev–Trinajstić information content (AvgIpc) is 3.20. The number of nitrogens with one attached hydrogen (secondary N) is 1. The number of hydrogen-bond acceptors (Lipinski definition) is 4. The second-order valence-electron chi connectivity index (χ2n) is 6.43. The molecule has 1 fully saturated rings. The molecule has 0 spiro atoms. The van der Waals surface area contributed by atoms with Crippen molar-refractivity contribution in [2.24, 2.45) is 0 Å². The van der Waals surface area contributed by atoms with Gasteiger partial charge < -0.3 is 24.3 Å². The highest BCUT2D eigenvalue weighted by molar-refractivity contribution is 5.91. The molecule has 0 radical (unpaired) electrons. The Morgan fingerprint density at radius 2 is 2.19 bits per heavy atom. The Labute approximate surface area is 153 Å². The molecule has 0 bridgehead atoms. The number of carbonyl (C=O) groups is 1. The Morgan fingerprint density at radius 3 is 2.92 bits per heavy atom. The number of methoxy groups -OCH3 is 2. The van der Waals surface area contributed by atoms with Crippen LogP contribution in [0.4, 0.5) is 10.5 Å². The summed E-state index contributed by atoms with van der Waals surface area (Å²) >= 11 is 0. The molecule has 1 aromatic carbocycles. The number of piperidine rings is 1. The third-order valence-electron chi connectivity index (χ3n) is 4.82. The summed E-state index contributed by atoms with van der Waals surface area (Å²) in [6.45, 7) is 1.63. The van der Waals surface area contributed by atoms with Crippen molar-refractivity contribution in [2.45, 2.75) is 38.3 Å². The standard InChI is InChI=1S/C19H26N4O3/c1-25-16-6-7-18(26-2)17(13-16)21-19(24)23-10-4-3-5-15(23)8-11-22-12-9-20-14-22/h6-7,9,12-15H,3-5,8,10-11H2,1-2H3,(H,21,24)/t15-/m1/s1. The van der Waals surface area contributed by atoms with Gasteiger partial charge in [0.2, 0.25) is 0 Å². The lowest BCUT2D eigenvalue weighted by molar-refractivity contribution is 0.155. The number of ether oxygens (including phenoxy) is 2. The van der Waals surface area contributed by atoms with Gasteiger partial charge in [-0.15, -0.1) is 0 Å². The van der Waals surface area contributed by atoms with Crippen molar-refractivity contribution in [3.05, 3.63) is 36.9 Å². The van der Waals surface area contributed by atoms with E-state index in [4.69, 9.17) is 9.47 Å². The van der Waals surface area contributed by atoms with E-state index in [0.717, 1.165) is 38.8 Å². The van der Waals surface area contributed by atoms with Crippen molar-refractivity contribution in [2.75, 3.05) is 26.1 Å². The second-order valence-corrected chi connectivity index (χ2v) is 6.43. The van der Waals surface area contributed by atoms with Crippen LogP contribution in [0.3, 0.4) is 0 Å². The molecule has 1 aromatic heterocycles. The lowest BCUT2D eigenvalue weighted by Crippen LogP contribution is -2.46. The van der Waals surface area contributed by atoms with Crippen molar-refractivity contribution < 1.29 is 14.3 Å². The smallest absolute Gasteiger partial charge is 0.322 e. The Kier molecular flexibility index (Phi) is 5.99. The number of hydrogen-bond donors (Lipinski definition) is 1. The first-order chi connectivity index (χ1) is 12.7. The zero-order valence-electron chi connectivity index (χ0n) is 15.4. The maximum atomic E-state index is 12.9. The van der Waals surface area contributed by atoms with Crippen LogP contribution in [0.15, 0.2) is 36.9 Å². The van der Waals surface area contributed by atoms with Gasteiger partial charge in [0.1, 0.15) is 11.5 Å². The van der Waals surface area contributed by atoms with Crippen molar-refractivity contribution in [1.29, 1.82) is 0 Å². The largest absolute Gasteiger partial charge is 0.497 e. The minimum absolute atomic E-state index is 0.0908. The topological polar surface area (TPSA) is 68.6 Å². The molecule has 2 aromatic rings. The summed E-state index contributed by atoms with van der Waals surface area (Å²) < 4.78 is 12.7. The van der Waals surface area contributed by atoms with Crippen LogP contribution in [0.2, 0.25) is 0 Å².